The Morgan fingerprint density at radius 1 is 1.48 bits per heavy atom. The molecule has 0 saturated heterocycles. The van der Waals surface area contributed by atoms with E-state index in [0.29, 0.717) is 5.75 Å². The minimum Gasteiger partial charge on any atom is -0.482 e. The highest BCUT2D eigenvalue weighted by Gasteiger charge is 2.25. The molecule has 0 bridgehead atoms. The van der Waals surface area contributed by atoms with Crippen molar-refractivity contribution in [3.05, 3.63) is 23.3 Å². The van der Waals surface area contributed by atoms with Gasteiger partial charge in [0.25, 0.3) is 5.91 Å². The molecule has 2 aliphatic heterocycles. The van der Waals surface area contributed by atoms with E-state index < -0.39 is 0 Å². The van der Waals surface area contributed by atoms with Crippen LogP contribution in [-0.2, 0) is 9.59 Å². The van der Waals surface area contributed by atoms with Crippen LogP contribution < -0.4 is 15.1 Å². The molecule has 1 amide bonds. The smallest absolute Gasteiger partial charge is 0.264 e. The zero-order chi connectivity index (χ0) is 15.0. The Morgan fingerprint density at radius 3 is 2.95 bits per heavy atom. The Bertz CT molecular complexity index is 639. The van der Waals surface area contributed by atoms with Crippen LogP contribution in [0.25, 0.3) is 0 Å². The first-order valence-electron chi connectivity index (χ1n) is 6.92. The van der Waals surface area contributed by atoms with E-state index in [2.05, 4.69) is 10.5 Å². The maximum absolute atomic E-state index is 11.7. The number of fused-ring (bicyclic) bond motifs is 1. The highest BCUT2D eigenvalue weighted by Crippen LogP contribution is 2.34. The van der Waals surface area contributed by atoms with Crippen molar-refractivity contribution >= 4 is 23.6 Å². The summed E-state index contributed by atoms with van der Waals surface area (Å²) >= 11 is 0. The van der Waals surface area contributed by atoms with Gasteiger partial charge in [-0.25, -0.2) is 0 Å². The number of rotatable bonds is 2. The van der Waals surface area contributed by atoms with Crippen molar-refractivity contribution in [2.24, 2.45) is 5.10 Å². The molecule has 1 atom stereocenters. The summed E-state index contributed by atoms with van der Waals surface area (Å²) < 4.78 is 5.51. The minimum atomic E-state index is -0.202. The number of nitrogens with zero attached hydrogens (tertiary/aromatic N) is 2. The second-order valence-electron chi connectivity index (χ2n) is 5.35. The molecule has 0 fully saturated rings. The molecule has 1 N–H and O–H groups in total. The first kappa shape index (κ1) is 13.6. The van der Waals surface area contributed by atoms with E-state index in [9.17, 15) is 9.59 Å². The maximum atomic E-state index is 11.7. The van der Waals surface area contributed by atoms with Crippen LogP contribution in [0.2, 0.25) is 0 Å². The number of likely N-dealkylation sites (N-methyl/N-ethyl adjacent to an activating group) is 1. The van der Waals surface area contributed by atoms with Crippen molar-refractivity contribution in [2.75, 3.05) is 18.6 Å². The number of nitrogens with one attached hydrogen (secondary N) is 1. The van der Waals surface area contributed by atoms with E-state index in [1.165, 1.54) is 0 Å². The molecule has 21 heavy (non-hydrogen) atoms. The number of carbonyl (C=O) groups excluding carboxylic acids is 2. The van der Waals surface area contributed by atoms with E-state index in [0.717, 1.165) is 41.7 Å². The number of aryl methyl sites for hydroxylation is 1. The monoisotopic (exact) mass is 287 g/mol. The van der Waals surface area contributed by atoms with Gasteiger partial charge in [0.15, 0.2) is 6.61 Å². The quantitative estimate of drug-likeness (QED) is 0.824. The van der Waals surface area contributed by atoms with Crippen LogP contribution >= 0.6 is 0 Å². The average Bonchev–Trinajstić information content (AvgIpc) is 2.51. The number of ether oxygens (including phenoxy) is 1. The third kappa shape index (κ3) is 2.37. The molecule has 0 aliphatic carbocycles. The summed E-state index contributed by atoms with van der Waals surface area (Å²) in [6, 6.07) is 3.66. The van der Waals surface area contributed by atoms with Crippen molar-refractivity contribution in [1.82, 2.24) is 5.43 Å². The van der Waals surface area contributed by atoms with Crippen molar-refractivity contribution in [1.29, 1.82) is 0 Å². The second-order valence-corrected chi connectivity index (χ2v) is 5.35. The maximum Gasteiger partial charge on any atom is 0.264 e. The zero-order valence-electron chi connectivity index (χ0n) is 12.0. The van der Waals surface area contributed by atoms with E-state index in [1.807, 2.05) is 19.1 Å². The van der Waals surface area contributed by atoms with E-state index in [-0.39, 0.29) is 18.6 Å². The largest absolute Gasteiger partial charge is 0.482 e. The predicted molar refractivity (Wildman–Crippen MR) is 78.8 cm³/mol. The topological polar surface area (TPSA) is 71.0 Å². The molecule has 3 rings (SSSR count). The fourth-order valence-electron chi connectivity index (χ4n) is 2.60. The Labute approximate surface area is 122 Å². The second kappa shape index (κ2) is 5.20. The number of aldehydes is 1. The van der Waals surface area contributed by atoms with Gasteiger partial charge < -0.3 is 14.4 Å². The highest BCUT2D eigenvalue weighted by atomic mass is 16.5. The van der Waals surface area contributed by atoms with Crippen molar-refractivity contribution in [3.63, 3.8) is 0 Å². The number of hydrogen-bond acceptors (Lipinski definition) is 5. The van der Waals surface area contributed by atoms with Gasteiger partial charge in [-0.1, -0.05) is 0 Å². The minimum absolute atomic E-state index is 0.0554. The lowest BCUT2D eigenvalue weighted by Gasteiger charge is -2.28. The highest BCUT2D eigenvalue weighted by molar-refractivity contribution is 6.04. The fourth-order valence-corrected chi connectivity index (χ4v) is 2.60. The summed E-state index contributed by atoms with van der Waals surface area (Å²) in [5.41, 5.74) is 6.57. The molecule has 1 aromatic rings. The van der Waals surface area contributed by atoms with Gasteiger partial charge in [0.2, 0.25) is 0 Å². The van der Waals surface area contributed by atoms with Gasteiger partial charge in [0.1, 0.15) is 12.0 Å². The predicted octanol–water partition coefficient (Wildman–Crippen LogP) is 1.01. The molecule has 6 nitrogen and oxygen atoms in total. The van der Waals surface area contributed by atoms with Crippen LogP contribution in [0.4, 0.5) is 5.69 Å². The standard InChI is InChI=1S/C15H17N3O3/c1-9-5-13-14(21-8-15(20)18(13)2)6-11(9)12-4-3-10(7-19)16-17-12/h5-7,10,16H,3-4,8H2,1-2H3. The number of amides is 1. The molecular formula is C15H17N3O3. The summed E-state index contributed by atoms with van der Waals surface area (Å²) in [5.74, 6) is 0.637. The molecule has 0 spiro atoms. The van der Waals surface area contributed by atoms with Crippen LogP contribution in [0, 0.1) is 6.92 Å². The summed E-state index contributed by atoms with van der Waals surface area (Å²) in [6.45, 7) is 2.04. The van der Waals surface area contributed by atoms with Crippen LogP contribution in [0.5, 0.6) is 5.75 Å². The average molecular weight is 287 g/mol. The summed E-state index contributed by atoms with van der Waals surface area (Å²) in [4.78, 5) is 24.0. The molecular weight excluding hydrogens is 270 g/mol. The van der Waals surface area contributed by atoms with Crippen LogP contribution in [0.3, 0.4) is 0 Å². The van der Waals surface area contributed by atoms with Crippen LogP contribution in [0.1, 0.15) is 24.0 Å². The van der Waals surface area contributed by atoms with Crippen molar-refractivity contribution in [3.8, 4) is 5.75 Å². The van der Waals surface area contributed by atoms with Gasteiger partial charge in [-0.3, -0.25) is 10.2 Å². The summed E-state index contributed by atoms with van der Waals surface area (Å²) in [6.07, 6.45) is 2.35. The van der Waals surface area contributed by atoms with E-state index in [4.69, 9.17) is 4.74 Å². The summed E-state index contributed by atoms with van der Waals surface area (Å²) in [5, 5.41) is 4.29. The van der Waals surface area contributed by atoms with Gasteiger partial charge in [-0.05, 0) is 37.5 Å². The number of anilines is 1. The van der Waals surface area contributed by atoms with Gasteiger partial charge in [-0.15, -0.1) is 0 Å². The molecule has 2 aliphatic rings. The molecule has 0 aromatic heterocycles. The molecule has 2 heterocycles. The molecule has 1 unspecified atom stereocenters. The lowest BCUT2D eigenvalue weighted by Crippen LogP contribution is -2.36. The van der Waals surface area contributed by atoms with Crippen LogP contribution in [-0.4, -0.2) is 37.6 Å². The van der Waals surface area contributed by atoms with Gasteiger partial charge >= 0.3 is 0 Å². The molecule has 0 radical (unpaired) electrons. The van der Waals surface area contributed by atoms with Gasteiger partial charge in [0, 0.05) is 12.6 Å². The normalized spacial score (nSPS) is 21.0. The van der Waals surface area contributed by atoms with Crippen molar-refractivity contribution < 1.29 is 14.3 Å². The number of carbonyl (C=O) groups is 2. The third-order valence-corrected chi connectivity index (χ3v) is 3.93. The molecule has 0 saturated carbocycles. The Kier molecular flexibility index (Phi) is 3.37. The number of benzene rings is 1. The van der Waals surface area contributed by atoms with E-state index in [1.54, 1.807) is 11.9 Å². The first-order chi connectivity index (χ1) is 10.1. The molecule has 6 heteroatoms. The number of hydrogen-bond donors (Lipinski definition) is 1. The van der Waals surface area contributed by atoms with Crippen LogP contribution in [0.15, 0.2) is 17.2 Å². The van der Waals surface area contributed by atoms with Crippen molar-refractivity contribution in [2.45, 2.75) is 25.8 Å². The van der Waals surface area contributed by atoms with Gasteiger partial charge in [-0.2, -0.15) is 5.10 Å². The first-order valence-corrected chi connectivity index (χ1v) is 6.92. The molecule has 1 aromatic carbocycles. The molecule has 110 valence electrons. The van der Waals surface area contributed by atoms with E-state index >= 15 is 0 Å². The Hall–Kier alpha value is -2.37. The SMILES string of the molecule is Cc1cc2c(cc1C1=NNC(C=O)CC1)OCC(=O)N2C. The number of hydrazone groups is 1. The summed E-state index contributed by atoms with van der Waals surface area (Å²) in [7, 11) is 1.75. The lowest BCUT2D eigenvalue weighted by molar-refractivity contribution is -0.121. The lowest BCUT2D eigenvalue weighted by atomic mass is 9.96. The Balaban J connectivity index is 1.96. The third-order valence-electron chi connectivity index (χ3n) is 3.93. The van der Waals surface area contributed by atoms with Gasteiger partial charge in [0.05, 0.1) is 17.4 Å². The Morgan fingerprint density at radius 2 is 2.29 bits per heavy atom. The fraction of sp³-hybridized carbons (Fsp3) is 0.400. The zero-order valence-corrected chi connectivity index (χ0v) is 12.0.